The van der Waals surface area contributed by atoms with Gasteiger partial charge in [0.1, 0.15) is 0 Å². The lowest BCUT2D eigenvalue weighted by atomic mass is 10.1. The third-order valence-corrected chi connectivity index (χ3v) is 7.26. The highest BCUT2D eigenvalue weighted by Crippen LogP contribution is 2.29. The molecule has 108 valence electrons. The molecule has 0 bridgehead atoms. The lowest BCUT2D eigenvalue weighted by Crippen LogP contribution is -2.46. The molecule has 2 unspecified atom stereocenters. The fraction of sp³-hybridized carbons (Fsp3) is 0.750. The van der Waals surface area contributed by atoms with Gasteiger partial charge in [-0.15, -0.1) is 0 Å². The van der Waals surface area contributed by atoms with Crippen LogP contribution in [0.4, 0.5) is 0 Å². The Morgan fingerprint density at radius 1 is 1.58 bits per heavy atom. The minimum absolute atomic E-state index is 0.300. The van der Waals surface area contributed by atoms with Crippen LogP contribution in [0.15, 0.2) is 4.47 Å². The summed E-state index contributed by atoms with van der Waals surface area (Å²) < 4.78 is 3.12. The molecule has 2 heterocycles. The number of hydrogen-bond acceptors (Lipinski definition) is 5. The number of halogens is 1. The quantitative estimate of drug-likeness (QED) is 0.617. The van der Waals surface area contributed by atoms with Crippen LogP contribution in [0.1, 0.15) is 18.3 Å². The first kappa shape index (κ1) is 15.7. The molecule has 0 aromatic carbocycles. The van der Waals surface area contributed by atoms with Crippen molar-refractivity contribution in [3.8, 4) is 0 Å². The molecule has 1 aliphatic rings. The lowest BCUT2D eigenvalue weighted by molar-refractivity contribution is 0.505. The third kappa shape index (κ3) is 3.69. The molecular weight excluding hydrogens is 344 g/mol. The van der Waals surface area contributed by atoms with Crippen LogP contribution in [0.5, 0.6) is 0 Å². The van der Waals surface area contributed by atoms with Crippen LogP contribution in [-0.4, -0.2) is 38.3 Å². The number of nitrogens with two attached hydrogens (primary N) is 1. The van der Waals surface area contributed by atoms with E-state index in [-0.39, 0.29) is 0 Å². The van der Waals surface area contributed by atoms with E-state index in [1.807, 2.05) is 35.3 Å². The van der Waals surface area contributed by atoms with E-state index in [4.69, 9.17) is 5.84 Å². The first-order valence-corrected chi connectivity index (χ1v) is 9.52. The minimum Gasteiger partial charge on any atom is -0.271 e. The van der Waals surface area contributed by atoms with Gasteiger partial charge in [-0.3, -0.25) is 16.0 Å². The zero-order valence-electron chi connectivity index (χ0n) is 11.4. The molecule has 0 amide bonds. The van der Waals surface area contributed by atoms with Crippen molar-refractivity contribution in [2.24, 2.45) is 12.9 Å². The summed E-state index contributed by atoms with van der Waals surface area (Å²) in [5.41, 5.74) is 5.36. The van der Waals surface area contributed by atoms with E-state index in [1.54, 1.807) is 0 Å². The summed E-state index contributed by atoms with van der Waals surface area (Å²) in [6.45, 7) is 2.13. The van der Waals surface area contributed by atoms with E-state index >= 15 is 0 Å². The maximum atomic E-state index is 5.77. The van der Waals surface area contributed by atoms with Crippen molar-refractivity contribution in [1.29, 1.82) is 0 Å². The molecule has 2 atom stereocenters. The highest BCUT2D eigenvalue weighted by Gasteiger charge is 2.26. The van der Waals surface area contributed by atoms with Gasteiger partial charge in [0.2, 0.25) is 0 Å². The van der Waals surface area contributed by atoms with Crippen molar-refractivity contribution in [3.63, 3.8) is 0 Å². The zero-order chi connectivity index (χ0) is 13.8. The first-order chi connectivity index (χ1) is 9.17. The van der Waals surface area contributed by atoms with E-state index in [2.05, 4.69) is 33.4 Å². The summed E-state index contributed by atoms with van der Waals surface area (Å²) in [5, 5.41) is 5.13. The topological polar surface area (TPSA) is 55.9 Å². The maximum Gasteiger partial charge on any atom is 0.0766 e. The van der Waals surface area contributed by atoms with Gasteiger partial charge in [-0.25, -0.2) is 0 Å². The second kappa shape index (κ2) is 7.36. The number of rotatable bonds is 5. The van der Waals surface area contributed by atoms with Gasteiger partial charge < -0.3 is 0 Å². The molecule has 7 heteroatoms. The zero-order valence-corrected chi connectivity index (χ0v) is 14.6. The highest BCUT2D eigenvalue weighted by atomic mass is 79.9. The van der Waals surface area contributed by atoms with Crippen LogP contribution in [-0.2, 0) is 19.9 Å². The molecule has 2 rings (SSSR count). The lowest BCUT2D eigenvalue weighted by Gasteiger charge is -2.29. The van der Waals surface area contributed by atoms with Gasteiger partial charge in [-0.2, -0.15) is 28.6 Å². The Bertz CT molecular complexity index is 418. The average Bonchev–Trinajstić information content (AvgIpc) is 2.72. The molecule has 19 heavy (non-hydrogen) atoms. The normalized spacial score (nSPS) is 21.6. The molecule has 0 radical (unpaired) electrons. The van der Waals surface area contributed by atoms with Gasteiger partial charge >= 0.3 is 0 Å². The van der Waals surface area contributed by atoms with Crippen molar-refractivity contribution in [2.75, 3.05) is 17.3 Å². The van der Waals surface area contributed by atoms with Crippen molar-refractivity contribution < 1.29 is 0 Å². The number of nitrogens with one attached hydrogen (secondary N) is 1. The fourth-order valence-electron chi connectivity index (χ4n) is 2.29. The number of aromatic nitrogens is 2. The van der Waals surface area contributed by atoms with Crippen LogP contribution in [0.3, 0.4) is 0 Å². The molecule has 1 aromatic rings. The van der Waals surface area contributed by atoms with Crippen molar-refractivity contribution >= 4 is 39.5 Å². The van der Waals surface area contributed by atoms with E-state index < -0.39 is 0 Å². The highest BCUT2D eigenvalue weighted by molar-refractivity contribution is 9.10. The third-order valence-electron chi connectivity index (χ3n) is 3.42. The summed E-state index contributed by atoms with van der Waals surface area (Å²) in [4.78, 5) is 0. The second-order valence-corrected chi connectivity index (χ2v) is 7.94. The Balaban J connectivity index is 2.11. The SMILES string of the molecule is CCc1nn(C)c(CC(NN)C2CSCCS2)c1Br. The number of aryl methyl sites for hydroxylation is 2. The molecule has 0 aliphatic carbocycles. The fourth-order valence-corrected chi connectivity index (χ4v) is 5.94. The maximum absolute atomic E-state index is 5.77. The van der Waals surface area contributed by atoms with E-state index in [0.717, 1.165) is 23.0 Å². The molecule has 1 aromatic heterocycles. The standard InChI is InChI=1S/C12H21BrN4S2/c1-3-8-12(13)10(17(2)16-8)6-9(15-14)11-7-18-4-5-19-11/h9,11,15H,3-7,14H2,1-2H3. The number of hydrogen-bond donors (Lipinski definition) is 2. The molecule has 3 N–H and O–H groups in total. The monoisotopic (exact) mass is 364 g/mol. The summed E-state index contributed by atoms with van der Waals surface area (Å²) in [5.74, 6) is 9.43. The van der Waals surface area contributed by atoms with Gasteiger partial charge in [0.25, 0.3) is 0 Å². The first-order valence-electron chi connectivity index (χ1n) is 6.53. The minimum atomic E-state index is 0.300. The largest absolute Gasteiger partial charge is 0.271 e. The van der Waals surface area contributed by atoms with E-state index in [9.17, 15) is 0 Å². The molecule has 4 nitrogen and oxygen atoms in total. The van der Waals surface area contributed by atoms with E-state index in [0.29, 0.717) is 11.3 Å². The van der Waals surface area contributed by atoms with Crippen LogP contribution in [0, 0.1) is 0 Å². The van der Waals surface area contributed by atoms with Crippen LogP contribution in [0.2, 0.25) is 0 Å². The Morgan fingerprint density at radius 3 is 2.89 bits per heavy atom. The molecule has 1 saturated heterocycles. The van der Waals surface area contributed by atoms with Gasteiger partial charge in [0, 0.05) is 42.0 Å². The number of nitrogens with zero attached hydrogens (tertiary/aromatic N) is 2. The van der Waals surface area contributed by atoms with Crippen LogP contribution in [0.25, 0.3) is 0 Å². The Labute approximate surface area is 131 Å². The predicted molar refractivity (Wildman–Crippen MR) is 88.7 cm³/mol. The van der Waals surface area contributed by atoms with Gasteiger partial charge in [0.05, 0.1) is 15.9 Å². The van der Waals surface area contributed by atoms with Crippen LogP contribution < -0.4 is 11.3 Å². The Kier molecular flexibility index (Phi) is 6.08. The van der Waals surface area contributed by atoms with Crippen molar-refractivity contribution in [3.05, 3.63) is 15.9 Å². The molecule has 0 saturated carbocycles. The molecular formula is C12H21BrN4S2. The van der Waals surface area contributed by atoms with Crippen molar-refractivity contribution in [2.45, 2.75) is 31.1 Å². The number of thioether (sulfide) groups is 2. The van der Waals surface area contributed by atoms with E-state index in [1.165, 1.54) is 23.0 Å². The molecule has 1 aliphatic heterocycles. The smallest absolute Gasteiger partial charge is 0.0766 e. The Hall–Kier alpha value is 0.310. The van der Waals surface area contributed by atoms with Gasteiger partial charge in [-0.1, -0.05) is 6.92 Å². The average molecular weight is 365 g/mol. The molecule has 1 fully saturated rings. The second-order valence-electron chi connectivity index (χ2n) is 4.65. The molecule has 0 spiro atoms. The predicted octanol–water partition coefficient (Wildman–Crippen LogP) is 1.97. The summed E-state index contributed by atoms with van der Waals surface area (Å²) in [6.07, 6.45) is 1.86. The van der Waals surface area contributed by atoms with Crippen molar-refractivity contribution in [1.82, 2.24) is 15.2 Å². The summed E-state index contributed by atoms with van der Waals surface area (Å²) in [6, 6.07) is 0.300. The number of hydrazine groups is 1. The van der Waals surface area contributed by atoms with Gasteiger partial charge in [-0.05, 0) is 22.4 Å². The Morgan fingerprint density at radius 2 is 2.37 bits per heavy atom. The van der Waals surface area contributed by atoms with Gasteiger partial charge in [0.15, 0.2) is 0 Å². The summed E-state index contributed by atoms with van der Waals surface area (Å²) in [7, 11) is 2.01. The van der Waals surface area contributed by atoms with Crippen LogP contribution >= 0.6 is 39.5 Å². The summed E-state index contributed by atoms with van der Waals surface area (Å²) >= 11 is 7.74.